The van der Waals surface area contributed by atoms with E-state index in [1.165, 1.54) is 4.68 Å². The fraction of sp³-hybridized carbons (Fsp3) is 0.625. The van der Waals surface area contributed by atoms with E-state index >= 15 is 4.39 Å². The number of alkyl halides is 4. The van der Waals surface area contributed by atoms with Crippen molar-refractivity contribution in [2.45, 2.75) is 56.2 Å². The van der Waals surface area contributed by atoms with Gasteiger partial charge in [0.05, 0.1) is 61.5 Å². The van der Waals surface area contributed by atoms with Gasteiger partial charge in [-0.05, 0) is 6.42 Å². The zero-order valence-electron chi connectivity index (χ0n) is 19.9. The number of likely N-dealkylation sites (tertiary alicyclic amines) is 1. The highest BCUT2D eigenvalue weighted by Crippen LogP contribution is 2.43. The molecule has 2 aromatic rings. The molecule has 0 saturated carbocycles. The van der Waals surface area contributed by atoms with Gasteiger partial charge in [0.15, 0.2) is 0 Å². The second-order valence-electron chi connectivity index (χ2n) is 9.83. The lowest BCUT2D eigenvalue weighted by Gasteiger charge is -2.42. The van der Waals surface area contributed by atoms with E-state index in [9.17, 15) is 13.2 Å². The van der Waals surface area contributed by atoms with Gasteiger partial charge >= 0.3 is 6.18 Å². The van der Waals surface area contributed by atoms with E-state index in [4.69, 9.17) is 25.8 Å². The quantitative estimate of drug-likeness (QED) is 0.516. The molecule has 0 aromatic carbocycles. The van der Waals surface area contributed by atoms with Gasteiger partial charge in [0.1, 0.15) is 23.3 Å². The van der Waals surface area contributed by atoms with Gasteiger partial charge < -0.3 is 14.2 Å². The molecule has 13 heteroatoms. The molecule has 3 fully saturated rings. The van der Waals surface area contributed by atoms with Crippen LogP contribution < -0.4 is 4.74 Å². The number of fused-ring (bicyclic) bond motifs is 1. The highest BCUT2D eigenvalue weighted by molar-refractivity contribution is 6.30. The summed E-state index contributed by atoms with van der Waals surface area (Å²) in [6, 6.07) is -0.237. The molecule has 3 atom stereocenters. The fourth-order valence-corrected chi connectivity index (χ4v) is 5.58. The standard InChI is InChI=1S/C24H26ClF4N5O3/c25-22-13(8-30-34(22)19-3-5-33(9-17(19)26)14-10-36-11-14)7-20-31-18-2-1-16(24(27,28)29)21(18)23(32-20)37-15-4-6-35-12-15/h1,8,14-15,17,19H,2-7,9-12H2/t15?,17-,19-/m0/s1. The summed E-state index contributed by atoms with van der Waals surface area (Å²) in [6.45, 7) is 3.03. The van der Waals surface area contributed by atoms with E-state index in [1.54, 1.807) is 6.20 Å². The summed E-state index contributed by atoms with van der Waals surface area (Å²) < 4.78 is 74.0. The van der Waals surface area contributed by atoms with Crippen molar-refractivity contribution in [3.8, 4) is 5.88 Å². The number of allylic oxidation sites excluding steroid dienone is 2. The van der Waals surface area contributed by atoms with Crippen LogP contribution in [0.5, 0.6) is 5.88 Å². The molecule has 6 rings (SSSR count). The minimum Gasteiger partial charge on any atom is -0.471 e. The highest BCUT2D eigenvalue weighted by Gasteiger charge is 2.42. The number of ether oxygens (including phenoxy) is 3. The average molecular weight is 544 g/mol. The Bertz CT molecular complexity index is 1200. The molecule has 200 valence electrons. The van der Waals surface area contributed by atoms with Gasteiger partial charge in [-0.1, -0.05) is 17.7 Å². The number of hydrogen-bond acceptors (Lipinski definition) is 7. The van der Waals surface area contributed by atoms with Gasteiger partial charge in [-0.3, -0.25) is 4.90 Å². The third-order valence-electron chi connectivity index (χ3n) is 7.38. The van der Waals surface area contributed by atoms with Gasteiger partial charge in [-0.15, -0.1) is 0 Å². The Morgan fingerprint density at radius 2 is 1.97 bits per heavy atom. The third kappa shape index (κ3) is 4.84. The fourth-order valence-electron chi connectivity index (χ4n) is 5.30. The molecule has 3 saturated heterocycles. The van der Waals surface area contributed by atoms with Crippen molar-refractivity contribution in [3.05, 3.63) is 40.1 Å². The Labute approximate surface area is 215 Å². The molecular weight excluding hydrogens is 518 g/mol. The first kappa shape index (κ1) is 25.0. The lowest BCUT2D eigenvalue weighted by molar-refractivity contribution is -0.0847. The SMILES string of the molecule is F[C@H]1CN(C2COC2)CC[C@@H]1n1ncc(Cc2nc3c(c(OC4CCOC4)n2)C(C(F)(F)F)=CC3)c1Cl. The van der Waals surface area contributed by atoms with Gasteiger partial charge in [-0.25, -0.2) is 14.1 Å². The third-order valence-corrected chi connectivity index (χ3v) is 7.80. The molecule has 1 aliphatic carbocycles. The Kier molecular flexibility index (Phi) is 6.62. The smallest absolute Gasteiger partial charge is 0.416 e. The van der Waals surface area contributed by atoms with Gasteiger partial charge in [0.25, 0.3) is 0 Å². The van der Waals surface area contributed by atoms with E-state index in [1.807, 2.05) is 0 Å². The lowest BCUT2D eigenvalue weighted by Crippen LogP contribution is -2.55. The van der Waals surface area contributed by atoms with Crippen LogP contribution in [-0.2, 0) is 22.3 Å². The molecule has 5 heterocycles. The second kappa shape index (κ2) is 9.79. The number of nitrogens with zero attached hydrogens (tertiary/aromatic N) is 5. The maximum absolute atomic E-state index is 15.1. The van der Waals surface area contributed by atoms with Crippen LogP contribution in [0.25, 0.3) is 5.57 Å². The van der Waals surface area contributed by atoms with Crippen LogP contribution in [0, 0.1) is 0 Å². The Balaban J connectivity index is 1.23. The summed E-state index contributed by atoms with van der Waals surface area (Å²) in [6.07, 6.45) is -2.15. The molecule has 0 radical (unpaired) electrons. The van der Waals surface area contributed by atoms with Crippen LogP contribution in [0.4, 0.5) is 17.6 Å². The molecule has 3 aliphatic heterocycles. The maximum atomic E-state index is 15.1. The minimum absolute atomic E-state index is 0.0261. The molecule has 1 unspecified atom stereocenters. The first-order valence-corrected chi connectivity index (χ1v) is 12.8. The van der Waals surface area contributed by atoms with Crippen LogP contribution in [-0.4, -0.2) is 88.7 Å². The number of hydrogen-bond donors (Lipinski definition) is 0. The molecule has 0 amide bonds. The summed E-state index contributed by atoms with van der Waals surface area (Å²) in [5.74, 6) is 0.166. The molecule has 8 nitrogen and oxygen atoms in total. The van der Waals surface area contributed by atoms with Crippen molar-refractivity contribution >= 4 is 17.2 Å². The maximum Gasteiger partial charge on any atom is 0.416 e. The monoisotopic (exact) mass is 543 g/mol. The van der Waals surface area contributed by atoms with Crippen molar-refractivity contribution in [2.75, 3.05) is 39.5 Å². The summed E-state index contributed by atoms with van der Waals surface area (Å²) in [5.41, 5.74) is -0.0804. The van der Waals surface area contributed by atoms with Crippen molar-refractivity contribution in [2.24, 2.45) is 0 Å². The first-order chi connectivity index (χ1) is 17.8. The van der Waals surface area contributed by atoms with Crippen molar-refractivity contribution in [1.29, 1.82) is 0 Å². The molecule has 2 aromatic heterocycles. The number of aromatic nitrogens is 4. The predicted molar refractivity (Wildman–Crippen MR) is 124 cm³/mol. The van der Waals surface area contributed by atoms with Crippen LogP contribution >= 0.6 is 11.6 Å². The largest absolute Gasteiger partial charge is 0.471 e. The molecular formula is C24H26ClF4N5O3. The predicted octanol–water partition coefficient (Wildman–Crippen LogP) is 3.57. The molecule has 4 aliphatic rings. The number of piperidine rings is 1. The summed E-state index contributed by atoms with van der Waals surface area (Å²) in [7, 11) is 0. The molecule has 37 heavy (non-hydrogen) atoms. The molecule has 0 spiro atoms. The van der Waals surface area contributed by atoms with Crippen LogP contribution in [0.15, 0.2) is 12.3 Å². The van der Waals surface area contributed by atoms with Crippen LogP contribution in [0.2, 0.25) is 5.15 Å². The van der Waals surface area contributed by atoms with Crippen LogP contribution in [0.3, 0.4) is 0 Å². The Morgan fingerprint density at radius 1 is 1.14 bits per heavy atom. The minimum atomic E-state index is -4.55. The first-order valence-electron chi connectivity index (χ1n) is 12.4. The van der Waals surface area contributed by atoms with Gasteiger partial charge in [0, 0.05) is 37.9 Å². The zero-order chi connectivity index (χ0) is 25.7. The van der Waals surface area contributed by atoms with Crippen LogP contribution in [0.1, 0.15) is 41.5 Å². The summed E-state index contributed by atoms with van der Waals surface area (Å²) >= 11 is 6.63. The summed E-state index contributed by atoms with van der Waals surface area (Å²) in [5, 5.41) is 4.63. The summed E-state index contributed by atoms with van der Waals surface area (Å²) in [4.78, 5) is 10.9. The van der Waals surface area contributed by atoms with E-state index in [0.29, 0.717) is 38.2 Å². The Hall–Kier alpha value is -2.28. The van der Waals surface area contributed by atoms with Gasteiger partial charge in [-0.2, -0.15) is 23.3 Å². The van der Waals surface area contributed by atoms with Crippen molar-refractivity contribution in [3.63, 3.8) is 0 Å². The van der Waals surface area contributed by atoms with Gasteiger partial charge in [0.2, 0.25) is 5.88 Å². The Morgan fingerprint density at radius 3 is 2.65 bits per heavy atom. The van der Waals surface area contributed by atoms with E-state index in [2.05, 4.69) is 20.0 Å². The zero-order valence-corrected chi connectivity index (χ0v) is 20.6. The average Bonchev–Trinajstić information content (AvgIpc) is 3.54. The van der Waals surface area contributed by atoms with Crippen molar-refractivity contribution in [1.82, 2.24) is 24.6 Å². The molecule has 0 N–H and O–H groups in total. The lowest BCUT2D eigenvalue weighted by atomic mass is 10.0. The van der Waals surface area contributed by atoms with E-state index in [0.717, 1.165) is 12.6 Å². The number of halogens is 5. The number of rotatable bonds is 6. The van der Waals surface area contributed by atoms with Crippen molar-refractivity contribution < 1.29 is 31.8 Å². The second-order valence-corrected chi connectivity index (χ2v) is 10.2. The van der Waals surface area contributed by atoms with E-state index in [-0.39, 0.29) is 66.3 Å². The van der Waals surface area contributed by atoms with E-state index < -0.39 is 24.0 Å². The topological polar surface area (TPSA) is 74.5 Å². The highest BCUT2D eigenvalue weighted by atomic mass is 35.5. The normalized spacial score (nSPS) is 26.7. The molecule has 0 bridgehead atoms.